The standard InChI is InChI=1S/C12H17BrN2O2/c1-8-6-11(14-7-10(8)13)15-12(16)5-4-9(2)17-3/h6-7,9H,4-5H2,1-3H3,(H,14,15,16). The highest BCUT2D eigenvalue weighted by atomic mass is 79.9. The number of hydrogen-bond donors (Lipinski definition) is 1. The van der Waals surface area contributed by atoms with Gasteiger partial charge in [0.2, 0.25) is 5.91 Å². The molecule has 1 unspecified atom stereocenters. The number of carbonyl (C=O) groups excluding carboxylic acids is 1. The maximum Gasteiger partial charge on any atom is 0.225 e. The monoisotopic (exact) mass is 300 g/mol. The predicted octanol–water partition coefficient (Wildman–Crippen LogP) is 2.91. The summed E-state index contributed by atoms with van der Waals surface area (Å²) in [5.74, 6) is 0.545. The van der Waals surface area contributed by atoms with Crippen LogP contribution < -0.4 is 5.32 Å². The molecule has 17 heavy (non-hydrogen) atoms. The Bertz CT molecular complexity index is 396. The summed E-state index contributed by atoms with van der Waals surface area (Å²) in [7, 11) is 1.64. The maximum absolute atomic E-state index is 11.6. The molecule has 0 radical (unpaired) electrons. The molecule has 94 valence electrons. The number of anilines is 1. The van der Waals surface area contributed by atoms with Crippen molar-refractivity contribution in [2.75, 3.05) is 12.4 Å². The first kappa shape index (κ1) is 14.1. The Morgan fingerprint density at radius 1 is 1.65 bits per heavy atom. The smallest absolute Gasteiger partial charge is 0.225 e. The number of carbonyl (C=O) groups is 1. The molecule has 0 bridgehead atoms. The van der Waals surface area contributed by atoms with Gasteiger partial charge in [-0.3, -0.25) is 4.79 Å². The SMILES string of the molecule is COC(C)CCC(=O)Nc1cc(C)c(Br)cn1. The van der Waals surface area contributed by atoms with Gasteiger partial charge >= 0.3 is 0 Å². The zero-order valence-electron chi connectivity index (χ0n) is 10.3. The highest BCUT2D eigenvalue weighted by molar-refractivity contribution is 9.10. The van der Waals surface area contributed by atoms with Crippen LogP contribution in [-0.4, -0.2) is 24.1 Å². The van der Waals surface area contributed by atoms with Gasteiger partial charge in [-0.15, -0.1) is 0 Å². The molecule has 0 aliphatic heterocycles. The van der Waals surface area contributed by atoms with E-state index in [1.165, 1.54) is 0 Å². The third kappa shape index (κ3) is 4.83. The Morgan fingerprint density at radius 3 is 2.94 bits per heavy atom. The molecule has 1 amide bonds. The molecule has 0 spiro atoms. The molecule has 4 nitrogen and oxygen atoms in total. The Balaban J connectivity index is 2.48. The number of aryl methyl sites for hydroxylation is 1. The number of pyridine rings is 1. The molecular weight excluding hydrogens is 284 g/mol. The van der Waals surface area contributed by atoms with E-state index in [0.717, 1.165) is 10.0 Å². The van der Waals surface area contributed by atoms with Crippen molar-refractivity contribution in [1.29, 1.82) is 0 Å². The van der Waals surface area contributed by atoms with Gasteiger partial charge in [0.1, 0.15) is 5.82 Å². The van der Waals surface area contributed by atoms with Gasteiger partial charge in [-0.25, -0.2) is 4.98 Å². The molecule has 0 saturated heterocycles. The van der Waals surface area contributed by atoms with Crippen molar-refractivity contribution >= 4 is 27.7 Å². The number of methoxy groups -OCH3 is 1. The van der Waals surface area contributed by atoms with E-state index in [2.05, 4.69) is 26.2 Å². The van der Waals surface area contributed by atoms with Crippen LogP contribution in [0, 0.1) is 6.92 Å². The van der Waals surface area contributed by atoms with Crippen molar-refractivity contribution in [3.05, 3.63) is 22.3 Å². The summed E-state index contributed by atoms with van der Waals surface area (Å²) in [6.45, 7) is 3.89. The minimum atomic E-state index is -0.0388. The van der Waals surface area contributed by atoms with E-state index in [0.29, 0.717) is 18.7 Å². The minimum absolute atomic E-state index is 0.0388. The number of rotatable bonds is 5. The van der Waals surface area contributed by atoms with Crippen LogP contribution in [0.4, 0.5) is 5.82 Å². The largest absolute Gasteiger partial charge is 0.382 e. The fraction of sp³-hybridized carbons (Fsp3) is 0.500. The van der Waals surface area contributed by atoms with E-state index in [-0.39, 0.29) is 12.0 Å². The van der Waals surface area contributed by atoms with E-state index in [1.807, 2.05) is 19.9 Å². The minimum Gasteiger partial charge on any atom is -0.382 e. The summed E-state index contributed by atoms with van der Waals surface area (Å²) in [6.07, 6.45) is 2.92. The average Bonchev–Trinajstić information content (AvgIpc) is 2.31. The first-order chi connectivity index (χ1) is 8.02. The van der Waals surface area contributed by atoms with Crippen molar-refractivity contribution < 1.29 is 9.53 Å². The summed E-state index contributed by atoms with van der Waals surface area (Å²) in [4.78, 5) is 15.7. The lowest BCUT2D eigenvalue weighted by atomic mass is 10.2. The van der Waals surface area contributed by atoms with Crippen LogP contribution in [0.25, 0.3) is 0 Å². The topological polar surface area (TPSA) is 51.2 Å². The Morgan fingerprint density at radius 2 is 2.35 bits per heavy atom. The zero-order valence-corrected chi connectivity index (χ0v) is 11.9. The molecule has 0 fully saturated rings. The van der Waals surface area contributed by atoms with Crippen LogP contribution in [-0.2, 0) is 9.53 Å². The van der Waals surface area contributed by atoms with E-state index in [9.17, 15) is 4.79 Å². The van der Waals surface area contributed by atoms with Gasteiger partial charge in [-0.05, 0) is 47.8 Å². The normalized spacial score (nSPS) is 12.2. The molecule has 1 rings (SSSR count). The molecule has 1 aromatic rings. The molecule has 1 heterocycles. The predicted molar refractivity (Wildman–Crippen MR) is 71.0 cm³/mol. The van der Waals surface area contributed by atoms with Gasteiger partial charge in [-0.2, -0.15) is 0 Å². The third-order valence-electron chi connectivity index (χ3n) is 2.49. The second-order valence-corrected chi connectivity index (χ2v) is 4.81. The van der Waals surface area contributed by atoms with E-state index < -0.39 is 0 Å². The molecule has 0 aromatic carbocycles. The molecule has 0 saturated carbocycles. The van der Waals surface area contributed by atoms with Crippen LogP contribution in [0.2, 0.25) is 0 Å². The van der Waals surface area contributed by atoms with Gasteiger partial charge in [0.25, 0.3) is 0 Å². The molecule has 0 aliphatic rings. The summed E-state index contributed by atoms with van der Waals surface area (Å²) >= 11 is 3.36. The van der Waals surface area contributed by atoms with Crippen molar-refractivity contribution in [3.63, 3.8) is 0 Å². The number of aromatic nitrogens is 1. The van der Waals surface area contributed by atoms with Gasteiger partial charge < -0.3 is 10.1 Å². The second kappa shape index (κ2) is 6.71. The molecule has 0 aliphatic carbocycles. The van der Waals surface area contributed by atoms with Crippen LogP contribution in [0.15, 0.2) is 16.7 Å². The van der Waals surface area contributed by atoms with E-state index >= 15 is 0 Å². The van der Waals surface area contributed by atoms with Crippen LogP contribution >= 0.6 is 15.9 Å². The van der Waals surface area contributed by atoms with Crippen molar-refractivity contribution in [2.24, 2.45) is 0 Å². The van der Waals surface area contributed by atoms with Crippen LogP contribution in [0.5, 0.6) is 0 Å². The molecule has 1 N–H and O–H groups in total. The second-order valence-electron chi connectivity index (χ2n) is 3.95. The van der Waals surface area contributed by atoms with E-state index in [1.54, 1.807) is 13.3 Å². The lowest BCUT2D eigenvalue weighted by molar-refractivity contribution is -0.116. The molecular formula is C12H17BrN2O2. The van der Waals surface area contributed by atoms with Crippen LogP contribution in [0.3, 0.4) is 0 Å². The Labute approximate surface area is 110 Å². The highest BCUT2D eigenvalue weighted by Gasteiger charge is 2.07. The Kier molecular flexibility index (Phi) is 5.58. The van der Waals surface area contributed by atoms with Gasteiger partial charge in [0, 0.05) is 24.2 Å². The number of hydrogen-bond acceptors (Lipinski definition) is 3. The highest BCUT2D eigenvalue weighted by Crippen LogP contribution is 2.17. The number of nitrogens with one attached hydrogen (secondary N) is 1. The van der Waals surface area contributed by atoms with E-state index in [4.69, 9.17) is 4.74 Å². The van der Waals surface area contributed by atoms with Crippen molar-refractivity contribution in [2.45, 2.75) is 32.8 Å². The van der Waals surface area contributed by atoms with Gasteiger partial charge in [-0.1, -0.05) is 0 Å². The van der Waals surface area contributed by atoms with Gasteiger partial charge in [0.15, 0.2) is 0 Å². The maximum atomic E-state index is 11.6. The fourth-order valence-corrected chi connectivity index (χ4v) is 1.48. The quantitative estimate of drug-likeness (QED) is 0.909. The average molecular weight is 301 g/mol. The number of amides is 1. The molecule has 1 atom stereocenters. The Hall–Kier alpha value is -0.940. The number of halogens is 1. The van der Waals surface area contributed by atoms with Crippen molar-refractivity contribution in [3.8, 4) is 0 Å². The lowest BCUT2D eigenvalue weighted by Gasteiger charge is -2.09. The first-order valence-electron chi connectivity index (χ1n) is 5.47. The molecule has 1 aromatic heterocycles. The first-order valence-corrected chi connectivity index (χ1v) is 6.27. The van der Waals surface area contributed by atoms with Gasteiger partial charge in [0.05, 0.1) is 6.10 Å². The fourth-order valence-electron chi connectivity index (χ4n) is 1.27. The third-order valence-corrected chi connectivity index (χ3v) is 3.32. The van der Waals surface area contributed by atoms with Crippen LogP contribution in [0.1, 0.15) is 25.3 Å². The zero-order chi connectivity index (χ0) is 12.8. The lowest BCUT2D eigenvalue weighted by Crippen LogP contribution is -2.15. The summed E-state index contributed by atoms with van der Waals surface area (Å²) in [5, 5.41) is 2.76. The number of nitrogens with zero attached hydrogens (tertiary/aromatic N) is 1. The summed E-state index contributed by atoms with van der Waals surface area (Å²) in [6, 6.07) is 1.84. The summed E-state index contributed by atoms with van der Waals surface area (Å²) in [5.41, 5.74) is 1.04. The summed E-state index contributed by atoms with van der Waals surface area (Å²) < 4.78 is 6.02. The molecule has 5 heteroatoms. The van der Waals surface area contributed by atoms with Crippen molar-refractivity contribution in [1.82, 2.24) is 4.98 Å². The number of ether oxygens (including phenoxy) is 1.